The number of aliphatic hydroxyl groups is 1. The highest BCUT2D eigenvalue weighted by molar-refractivity contribution is 5.75. The molecule has 4 rings (SSSR count). The van der Waals surface area contributed by atoms with Crippen molar-refractivity contribution in [1.29, 1.82) is 0 Å². The third-order valence-electron chi connectivity index (χ3n) is 9.36. The molecule has 0 saturated heterocycles. The summed E-state index contributed by atoms with van der Waals surface area (Å²) in [4.78, 5) is 11.3. The Kier molecular flexibility index (Phi) is 4.87. The largest absolute Gasteiger partial charge is 0.393 e. The number of ketones is 1. The molecule has 26 heavy (non-hydrogen) atoms. The predicted molar refractivity (Wildman–Crippen MR) is 106 cm³/mol. The van der Waals surface area contributed by atoms with Crippen LogP contribution in [0.2, 0.25) is 0 Å². The van der Waals surface area contributed by atoms with Crippen LogP contribution in [0.15, 0.2) is 11.6 Å². The van der Waals surface area contributed by atoms with Crippen molar-refractivity contribution in [3.05, 3.63) is 11.6 Å². The smallest absolute Gasteiger partial charge is 0.129 e. The van der Waals surface area contributed by atoms with E-state index in [1.54, 1.807) is 12.5 Å². The molecule has 0 radical (unpaired) electrons. The maximum atomic E-state index is 11.3. The zero-order valence-corrected chi connectivity index (χ0v) is 17.1. The van der Waals surface area contributed by atoms with Gasteiger partial charge in [0, 0.05) is 6.42 Å². The molecule has 0 heterocycles. The van der Waals surface area contributed by atoms with Crippen LogP contribution in [0.3, 0.4) is 0 Å². The maximum Gasteiger partial charge on any atom is 0.129 e. The van der Waals surface area contributed by atoms with Crippen molar-refractivity contribution in [3.8, 4) is 0 Å². The van der Waals surface area contributed by atoms with Gasteiger partial charge in [-0.2, -0.15) is 0 Å². The van der Waals surface area contributed by atoms with Gasteiger partial charge < -0.3 is 9.90 Å². The van der Waals surface area contributed by atoms with Crippen LogP contribution in [0.4, 0.5) is 0 Å². The van der Waals surface area contributed by atoms with Crippen molar-refractivity contribution in [2.45, 2.75) is 97.5 Å². The predicted octanol–water partition coefficient (Wildman–Crippen LogP) is 5.69. The zero-order chi connectivity index (χ0) is 18.5. The van der Waals surface area contributed by atoms with E-state index in [2.05, 4.69) is 19.9 Å². The Morgan fingerprint density at radius 1 is 1.15 bits per heavy atom. The van der Waals surface area contributed by atoms with Gasteiger partial charge in [0.2, 0.25) is 0 Å². The molecule has 0 spiro atoms. The first kappa shape index (κ1) is 18.7. The van der Waals surface area contributed by atoms with Gasteiger partial charge in [-0.1, -0.05) is 25.5 Å². The normalized spacial score (nSPS) is 47.5. The molecule has 3 saturated carbocycles. The molecule has 146 valence electrons. The van der Waals surface area contributed by atoms with Gasteiger partial charge in [0.25, 0.3) is 0 Å². The summed E-state index contributed by atoms with van der Waals surface area (Å²) in [6.45, 7) is 6.84. The highest BCUT2D eigenvalue weighted by Crippen LogP contribution is 2.66. The summed E-state index contributed by atoms with van der Waals surface area (Å²) < 4.78 is 0. The molecule has 0 amide bonds. The highest BCUT2D eigenvalue weighted by atomic mass is 16.3. The van der Waals surface area contributed by atoms with E-state index >= 15 is 0 Å². The second-order valence-electron chi connectivity index (χ2n) is 10.6. The van der Waals surface area contributed by atoms with Crippen LogP contribution in [0.1, 0.15) is 91.4 Å². The van der Waals surface area contributed by atoms with Crippen LogP contribution in [-0.4, -0.2) is 17.0 Å². The van der Waals surface area contributed by atoms with Gasteiger partial charge >= 0.3 is 0 Å². The zero-order valence-electron chi connectivity index (χ0n) is 17.1. The maximum absolute atomic E-state index is 11.3. The van der Waals surface area contributed by atoms with Gasteiger partial charge in [0.05, 0.1) is 6.10 Å². The number of hydrogen-bond acceptors (Lipinski definition) is 2. The lowest BCUT2D eigenvalue weighted by Gasteiger charge is -2.58. The fourth-order valence-corrected chi connectivity index (χ4v) is 7.82. The van der Waals surface area contributed by atoms with Crippen molar-refractivity contribution in [1.82, 2.24) is 0 Å². The number of fused-ring (bicyclic) bond motifs is 5. The van der Waals surface area contributed by atoms with E-state index in [9.17, 15) is 9.90 Å². The van der Waals surface area contributed by atoms with Gasteiger partial charge in [-0.05, 0) is 106 Å². The van der Waals surface area contributed by atoms with Gasteiger partial charge in [-0.3, -0.25) is 0 Å². The number of aliphatic hydroxyl groups excluding tert-OH is 1. The fourth-order valence-electron chi connectivity index (χ4n) is 7.82. The number of allylic oxidation sites excluding steroid dienone is 1. The average molecular weight is 359 g/mol. The average Bonchev–Trinajstić information content (AvgIpc) is 2.92. The Morgan fingerprint density at radius 2 is 1.96 bits per heavy atom. The van der Waals surface area contributed by atoms with Crippen molar-refractivity contribution in [2.75, 3.05) is 0 Å². The Bertz CT molecular complexity index is 593. The summed E-state index contributed by atoms with van der Waals surface area (Å²) in [5, 5.41) is 10.1. The first-order chi connectivity index (χ1) is 12.3. The van der Waals surface area contributed by atoms with Gasteiger partial charge in [0.15, 0.2) is 0 Å². The molecule has 4 aliphatic carbocycles. The van der Waals surface area contributed by atoms with Gasteiger partial charge in [0.1, 0.15) is 5.78 Å². The Labute approximate surface area is 159 Å². The minimum Gasteiger partial charge on any atom is -0.393 e. The number of hydrogen-bond donors (Lipinski definition) is 1. The summed E-state index contributed by atoms with van der Waals surface area (Å²) >= 11 is 0. The lowest BCUT2D eigenvalue weighted by atomic mass is 9.47. The minimum atomic E-state index is -0.100. The van der Waals surface area contributed by atoms with Crippen LogP contribution in [-0.2, 0) is 4.79 Å². The molecular formula is C24H38O2. The van der Waals surface area contributed by atoms with Gasteiger partial charge in [-0.15, -0.1) is 0 Å². The van der Waals surface area contributed by atoms with E-state index in [-0.39, 0.29) is 6.10 Å². The van der Waals surface area contributed by atoms with Gasteiger partial charge in [-0.25, -0.2) is 0 Å². The molecule has 0 aliphatic heterocycles. The quantitative estimate of drug-likeness (QED) is 0.656. The van der Waals surface area contributed by atoms with Crippen LogP contribution in [0.5, 0.6) is 0 Å². The number of rotatable bonds is 4. The second kappa shape index (κ2) is 6.76. The number of carbonyl (C=O) groups excluding carboxylic acids is 1. The van der Waals surface area contributed by atoms with Crippen LogP contribution in [0.25, 0.3) is 0 Å². The van der Waals surface area contributed by atoms with Crippen molar-refractivity contribution in [3.63, 3.8) is 0 Å². The van der Waals surface area contributed by atoms with Crippen LogP contribution in [0, 0.1) is 34.5 Å². The SMILES string of the molecule is CC(=O)CCC[C@H]1CCC2C3CC=C4C[C@@H](O)CC[C@]4(C)C3CC[C@@]21C. The third kappa shape index (κ3) is 2.91. The number of carbonyl (C=O) groups is 1. The third-order valence-corrected chi connectivity index (χ3v) is 9.36. The summed E-state index contributed by atoms with van der Waals surface area (Å²) in [7, 11) is 0. The van der Waals surface area contributed by atoms with Crippen LogP contribution >= 0.6 is 0 Å². The minimum absolute atomic E-state index is 0.100. The standard InChI is InChI=1S/C24H38O2/c1-16(25)5-4-6-17-8-10-21-20-9-7-18-15-19(26)11-13-24(18,3)22(20)12-14-23(17,21)2/h7,17,19-22,26H,4-6,8-15H2,1-3H3/t17-,19-,20?,21?,22?,23+,24-/m0/s1. The lowest BCUT2D eigenvalue weighted by molar-refractivity contribution is -0.117. The Morgan fingerprint density at radius 3 is 2.73 bits per heavy atom. The molecule has 4 aliphatic rings. The van der Waals surface area contributed by atoms with E-state index in [1.807, 2.05) is 0 Å². The van der Waals surface area contributed by atoms with E-state index < -0.39 is 0 Å². The molecule has 0 bridgehead atoms. The molecule has 3 unspecified atom stereocenters. The van der Waals surface area contributed by atoms with Crippen molar-refractivity contribution < 1.29 is 9.90 Å². The summed E-state index contributed by atoms with van der Waals surface area (Å²) in [6.07, 6.45) is 15.5. The first-order valence-electron chi connectivity index (χ1n) is 11.2. The molecule has 0 aromatic heterocycles. The summed E-state index contributed by atoms with van der Waals surface area (Å²) in [6, 6.07) is 0. The lowest BCUT2D eigenvalue weighted by Crippen LogP contribution is -2.50. The first-order valence-corrected chi connectivity index (χ1v) is 11.2. The molecule has 2 nitrogen and oxygen atoms in total. The highest BCUT2D eigenvalue weighted by Gasteiger charge is 2.58. The van der Waals surface area contributed by atoms with E-state index in [4.69, 9.17) is 0 Å². The summed E-state index contributed by atoms with van der Waals surface area (Å²) in [5.74, 6) is 3.76. The molecule has 0 aromatic rings. The topological polar surface area (TPSA) is 37.3 Å². The van der Waals surface area contributed by atoms with Crippen LogP contribution < -0.4 is 0 Å². The van der Waals surface area contributed by atoms with Crippen molar-refractivity contribution in [2.24, 2.45) is 34.5 Å². The monoisotopic (exact) mass is 358 g/mol. The molecule has 7 atom stereocenters. The Balaban J connectivity index is 1.51. The molecule has 0 aromatic carbocycles. The summed E-state index contributed by atoms with van der Waals surface area (Å²) in [5.41, 5.74) is 2.45. The van der Waals surface area contributed by atoms with E-state index in [1.165, 1.54) is 44.9 Å². The molecular weight excluding hydrogens is 320 g/mol. The van der Waals surface area contributed by atoms with E-state index in [0.29, 0.717) is 16.6 Å². The fraction of sp³-hybridized carbons (Fsp3) is 0.875. The van der Waals surface area contributed by atoms with Crippen molar-refractivity contribution >= 4 is 5.78 Å². The second-order valence-corrected chi connectivity index (χ2v) is 10.6. The van der Waals surface area contributed by atoms with E-state index in [0.717, 1.165) is 49.4 Å². The number of Topliss-reactive ketones (excluding diaryl/α,β-unsaturated/α-hetero) is 1. The molecule has 1 N–H and O–H groups in total. The molecule has 3 fully saturated rings. The molecule has 2 heteroatoms. The Hall–Kier alpha value is -0.630.